The number of ether oxygens (including phenoxy) is 1. The molecule has 2 rings (SSSR count). The van der Waals surface area contributed by atoms with Crippen molar-refractivity contribution in [2.45, 2.75) is 12.5 Å². The number of methoxy groups -OCH3 is 1. The Labute approximate surface area is 127 Å². The molecular weight excluding hydrogens is 296 g/mol. The summed E-state index contributed by atoms with van der Waals surface area (Å²) in [6, 6.07) is 9.32. The zero-order chi connectivity index (χ0) is 15.4. The van der Waals surface area contributed by atoms with Gasteiger partial charge in [-0.3, -0.25) is 0 Å². The lowest BCUT2D eigenvalue weighted by Gasteiger charge is -2.18. The van der Waals surface area contributed by atoms with E-state index in [1.54, 1.807) is 25.2 Å². The molecule has 1 atom stereocenters. The lowest BCUT2D eigenvalue weighted by molar-refractivity contribution is 0.385. The van der Waals surface area contributed by atoms with Gasteiger partial charge in [0.2, 0.25) is 0 Å². The Morgan fingerprint density at radius 2 is 1.90 bits per heavy atom. The maximum absolute atomic E-state index is 13.5. The van der Waals surface area contributed by atoms with Gasteiger partial charge in [0.05, 0.1) is 12.1 Å². The fourth-order valence-electron chi connectivity index (χ4n) is 2.18. The van der Waals surface area contributed by atoms with Gasteiger partial charge in [0.15, 0.2) is 11.6 Å². The monoisotopic (exact) mass is 311 g/mol. The zero-order valence-corrected chi connectivity index (χ0v) is 12.5. The highest BCUT2D eigenvalue weighted by Crippen LogP contribution is 2.26. The summed E-state index contributed by atoms with van der Waals surface area (Å²) in [5.74, 6) is -0.663. The number of likely N-dealkylation sites (N-methyl/N-ethyl adjacent to an activating group) is 1. The summed E-state index contributed by atoms with van der Waals surface area (Å²) in [7, 11) is 3.22. The van der Waals surface area contributed by atoms with Crippen LogP contribution in [-0.4, -0.2) is 14.2 Å². The highest BCUT2D eigenvalue weighted by molar-refractivity contribution is 6.30. The first-order chi connectivity index (χ1) is 10.0. The molecule has 1 unspecified atom stereocenters. The Morgan fingerprint density at radius 1 is 1.14 bits per heavy atom. The summed E-state index contributed by atoms with van der Waals surface area (Å²) in [5.41, 5.74) is 1.67. The Bertz CT molecular complexity index is 634. The minimum atomic E-state index is -0.444. The molecule has 0 aromatic heterocycles. The third-order valence-electron chi connectivity index (χ3n) is 3.35. The standard InChI is InChI=1S/C16H16ClF2NO/c1-20-15(8-10-3-5-12(17)14(19)7-10)11-4-6-13(18)16(9-11)21-2/h3-7,9,15,20H,8H2,1-2H3. The third kappa shape index (κ3) is 3.71. The summed E-state index contributed by atoms with van der Waals surface area (Å²) in [4.78, 5) is 0. The van der Waals surface area contributed by atoms with Gasteiger partial charge in [0.1, 0.15) is 5.82 Å². The summed E-state index contributed by atoms with van der Waals surface area (Å²) in [5, 5.41) is 3.24. The fourth-order valence-corrected chi connectivity index (χ4v) is 2.30. The van der Waals surface area contributed by atoms with Crippen molar-refractivity contribution in [1.82, 2.24) is 5.32 Å². The van der Waals surface area contributed by atoms with Crippen LogP contribution >= 0.6 is 11.6 Å². The van der Waals surface area contributed by atoms with Crippen LogP contribution in [0.15, 0.2) is 36.4 Å². The summed E-state index contributed by atoms with van der Waals surface area (Å²) < 4.78 is 31.9. The van der Waals surface area contributed by atoms with Gasteiger partial charge in [0, 0.05) is 6.04 Å². The summed E-state index contributed by atoms with van der Waals surface area (Å²) in [6.45, 7) is 0. The van der Waals surface area contributed by atoms with Crippen molar-refractivity contribution in [3.63, 3.8) is 0 Å². The molecule has 21 heavy (non-hydrogen) atoms. The van der Waals surface area contributed by atoms with E-state index >= 15 is 0 Å². The van der Waals surface area contributed by atoms with E-state index in [1.165, 1.54) is 25.3 Å². The Balaban J connectivity index is 2.25. The maximum atomic E-state index is 13.5. The number of nitrogens with one attached hydrogen (secondary N) is 1. The molecule has 1 N–H and O–H groups in total. The van der Waals surface area contributed by atoms with Gasteiger partial charge < -0.3 is 10.1 Å². The highest BCUT2D eigenvalue weighted by Gasteiger charge is 2.14. The van der Waals surface area contributed by atoms with Crippen LogP contribution < -0.4 is 10.1 Å². The van der Waals surface area contributed by atoms with Crippen LogP contribution in [0.3, 0.4) is 0 Å². The first-order valence-electron chi connectivity index (χ1n) is 6.49. The molecule has 0 aliphatic heterocycles. The van der Waals surface area contributed by atoms with E-state index in [4.69, 9.17) is 16.3 Å². The molecule has 2 aromatic carbocycles. The van der Waals surface area contributed by atoms with E-state index in [-0.39, 0.29) is 16.8 Å². The quantitative estimate of drug-likeness (QED) is 0.896. The molecule has 0 saturated carbocycles. The molecule has 0 radical (unpaired) electrons. The van der Waals surface area contributed by atoms with Crippen LogP contribution in [0.5, 0.6) is 5.75 Å². The molecule has 2 nitrogen and oxygen atoms in total. The first-order valence-corrected chi connectivity index (χ1v) is 6.87. The topological polar surface area (TPSA) is 21.3 Å². The van der Waals surface area contributed by atoms with E-state index in [0.29, 0.717) is 6.42 Å². The normalized spacial score (nSPS) is 12.2. The van der Waals surface area contributed by atoms with E-state index in [0.717, 1.165) is 11.1 Å². The van der Waals surface area contributed by atoms with Crippen LogP contribution in [0.25, 0.3) is 0 Å². The highest BCUT2D eigenvalue weighted by atomic mass is 35.5. The molecule has 5 heteroatoms. The molecule has 112 valence electrons. The molecule has 0 saturated heterocycles. The van der Waals surface area contributed by atoms with Crippen molar-refractivity contribution in [2.75, 3.05) is 14.2 Å². The lowest BCUT2D eigenvalue weighted by atomic mass is 9.98. The van der Waals surface area contributed by atoms with Crippen molar-refractivity contribution in [3.05, 3.63) is 64.2 Å². The minimum absolute atomic E-state index is 0.0833. The van der Waals surface area contributed by atoms with Crippen molar-refractivity contribution in [2.24, 2.45) is 0 Å². The molecule has 0 aliphatic rings. The third-order valence-corrected chi connectivity index (χ3v) is 3.66. The van der Waals surface area contributed by atoms with Crippen molar-refractivity contribution < 1.29 is 13.5 Å². The molecule has 0 bridgehead atoms. The predicted octanol–water partition coefficient (Wildman–Crippen LogP) is 4.13. The van der Waals surface area contributed by atoms with Crippen LogP contribution in [-0.2, 0) is 6.42 Å². The van der Waals surface area contributed by atoms with E-state index in [9.17, 15) is 8.78 Å². The van der Waals surface area contributed by atoms with Gasteiger partial charge in [-0.1, -0.05) is 23.7 Å². The lowest BCUT2D eigenvalue weighted by Crippen LogP contribution is -2.19. The number of hydrogen-bond donors (Lipinski definition) is 1. The number of halogens is 3. The molecule has 0 amide bonds. The maximum Gasteiger partial charge on any atom is 0.165 e. The SMILES string of the molecule is CNC(Cc1ccc(Cl)c(F)c1)c1ccc(F)c(OC)c1. The zero-order valence-electron chi connectivity index (χ0n) is 11.8. The van der Waals surface area contributed by atoms with Gasteiger partial charge in [-0.25, -0.2) is 8.78 Å². The Hall–Kier alpha value is -1.65. The van der Waals surface area contributed by atoms with Crippen LogP contribution in [0, 0.1) is 11.6 Å². The van der Waals surface area contributed by atoms with Gasteiger partial charge in [-0.2, -0.15) is 0 Å². The van der Waals surface area contributed by atoms with Crippen molar-refractivity contribution in [1.29, 1.82) is 0 Å². The largest absolute Gasteiger partial charge is 0.494 e. The molecular formula is C16H16ClF2NO. The minimum Gasteiger partial charge on any atom is -0.494 e. The van der Waals surface area contributed by atoms with Crippen LogP contribution in [0.2, 0.25) is 5.02 Å². The molecule has 2 aromatic rings. The number of hydrogen-bond acceptors (Lipinski definition) is 2. The van der Waals surface area contributed by atoms with Gasteiger partial charge in [0.25, 0.3) is 0 Å². The number of rotatable bonds is 5. The molecule has 0 spiro atoms. The van der Waals surface area contributed by atoms with Gasteiger partial charge >= 0.3 is 0 Å². The summed E-state index contributed by atoms with van der Waals surface area (Å²) in [6.07, 6.45) is 0.555. The number of benzene rings is 2. The average molecular weight is 312 g/mol. The second kappa shape index (κ2) is 6.87. The first kappa shape index (κ1) is 15.7. The van der Waals surface area contributed by atoms with Crippen LogP contribution in [0.1, 0.15) is 17.2 Å². The van der Waals surface area contributed by atoms with Gasteiger partial charge in [-0.15, -0.1) is 0 Å². The second-order valence-electron chi connectivity index (χ2n) is 4.69. The predicted molar refractivity (Wildman–Crippen MR) is 79.9 cm³/mol. The van der Waals surface area contributed by atoms with Crippen molar-refractivity contribution in [3.8, 4) is 5.75 Å². The Morgan fingerprint density at radius 3 is 2.52 bits per heavy atom. The van der Waals surface area contributed by atoms with Gasteiger partial charge in [-0.05, 0) is 48.9 Å². The molecule has 0 heterocycles. The smallest absolute Gasteiger partial charge is 0.165 e. The molecule has 0 fully saturated rings. The summed E-state index contributed by atoms with van der Waals surface area (Å²) >= 11 is 5.68. The van der Waals surface area contributed by atoms with E-state index in [2.05, 4.69) is 5.32 Å². The Kier molecular flexibility index (Phi) is 5.15. The van der Waals surface area contributed by atoms with E-state index in [1.807, 2.05) is 0 Å². The second-order valence-corrected chi connectivity index (χ2v) is 5.10. The van der Waals surface area contributed by atoms with Crippen LogP contribution in [0.4, 0.5) is 8.78 Å². The molecule has 0 aliphatic carbocycles. The van der Waals surface area contributed by atoms with Crippen molar-refractivity contribution >= 4 is 11.6 Å². The van der Waals surface area contributed by atoms with E-state index < -0.39 is 11.6 Å². The fraction of sp³-hybridized carbons (Fsp3) is 0.250. The average Bonchev–Trinajstić information content (AvgIpc) is 2.49.